The molecule has 1 N–H and O–H groups in total. The minimum atomic E-state index is -0.269. The van der Waals surface area contributed by atoms with Crippen molar-refractivity contribution in [3.63, 3.8) is 0 Å². The number of hydrogen-bond acceptors (Lipinski definition) is 5. The number of nitrogens with zero attached hydrogens (tertiary/aromatic N) is 1. The average Bonchev–Trinajstić information content (AvgIpc) is 3.45. The van der Waals surface area contributed by atoms with Crippen molar-refractivity contribution >= 4 is 28.5 Å². The van der Waals surface area contributed by atoms with Gasteiger partial charge < -0.3 is 14.5 Å². The minimum Gasteiger partial charge on any atom is -0.484 e. The predicted molar refractivity (Wildman–Crippen MR) is 101 cm³/mol. The minimum absolute atomic E-state index is 0.0763. The van der Waals surface area contributed by atoms with E-state index in [0.29, 0.717) is 29.3 Å². The van der Waals surface area contributed by atoms with Crippen molar-refractivity contribution in [1.82, 2.24) is 4.98 Å². The van der Waals surface area contributed by atoms with Crippen LogP contribution in [0.4, 0.5) is 5.69 Å². The van der Waals surface area contributed by atoms with Crippen molar-refractivity contribution in [3.05, 3.63) is 53.9 Å². The Balaban J connectivity index is 1.34. The number of amides is 1. The van der Waals surface area contributed by atoms with E-state index >= 15 is 0 Å². The lowest BCUT2D eigenvalue weighted by molar-refractivity contribution is -0.118. The number of benzene rings is 2. The molecule has 6 nitrogen and oxygen atoms in total. The number of anilines is 1. The van der Waals surface area contributed by atoms with Gasteiger partial charge in [0.05, 0.1) is 0 Å². The summed E-state index contributed by atoms with van der Waals surface area (Å²) in [6, 6.07) is 12.2. The number of Topliss-reactive ketones (excluding diaryl/α,β-unsaturated/α-hetero) is 1. The maximum atomic E-state index is 12.1. The second kappa shape index (κ2) is 7.23. The Morgan fingerprint density at radius 2 is 1.96 bits per heavy atom. The third-order valence-electron chi connectivity index (χ3n) is 4.48. The van der Waals surface area contributed by atoms with Crippen LogP contribution < -0.4 is 10.1 Å². The zero-order chi connectivity index (χ0) is 18.8. The van der Waals surface area contributed by atoms with Crippen LogP contribution in [0, 0.1) is 0 Å². The number of oxazole rings is 1. The molecule has 0 bridgehead atoms. The van der Waals surface area contributed by atoms with E-state index < -0.39 is 0 Å². The average molecular weight is 364 g/mol. The van der Waals surface area contributed by atoms with Crippen LogP contribution in [0.3, 0.4) is 0 Å². The number of ketones is 1. The second-order valence-corrected chi connectivity index (χ2v) is 6.65. The van der Waals surface area contributed by atoms with Gasteiger partial charge in [0, 0.05) is 23.6 Å². The first-order valence-electron chi connectivity index (χ1n) is 9.09. The van der Waals surface area contributed by atoms with Gasteiger partial charge in [-0.1, -0.05) is 6.92 Å². The summed E-state index contributed by atoms with van der Waals surface area (Å²) in [4.78, 5) is 28.2. The molecule has 1 aliphatic rings. The molecule has 4 rings (SSSR count). The van der Waals surface area contributed by atoms with E-state index in [-0.39, 0.29) is 18.3 Å². The van der Waals surface area contributed by atoms with Gasteiger partial charge in [0.1, 0.15) is 11.3 Å². The Morgan fingerprint density at radius 3 is 2.67 bits per heavy atom. The molecular weight excluding hydrogens is 344 g/mol. The predicted octanol–water partition coefficient (Wildman–Crippen LogP) is 4.32. The summed E-state index contributed by atoms with van der Waals surface area (Å²) >= 11 is 0. The SMILES string of the molecule is CCC(=O)c1ccc(OCC(=O)Nc2ccc3oc(C4CC4)nc3c2)cc1. The Labute approximate surface area is 156 Å². The smallest absolute Gasteiger partial charge is 0.262 e. The molecule has 6 heteroatoms. The van der Waals surface area contributed by atoms with E-state index in [4.69, 9.17) is 9.15 Å². The highest BCUT2D eigenvalue weighted by atomic mass is 16.5. The van der Waals surface area contributed by atoms with Gasteiger partial charge >= 0.3 is 0 Å². The monoisotopic (exact) mass is 364 g/mol. The highest BCUT2D eigenvalue weighted by Gasteiger charge is 2.28. The Kier molecular flexibility index (Phi) is 4.62. The van der Waals surface area contributed by atoms with Crippen LogP contribution in [0.5, 0.6) is 5.75 Å². The van der Waals surface area contributed by atoms with Crippen LogP contribution in [0.15, 0.2) is 46.9 Å². The van der Waals surface area contributed by atoms with Crippen LogP contribution in [0.1, 0.15) is 48.4 Å². The van der Waals surface area contributed by atoms with Crippen molar-refractivity contribution in [2.75, 3.05) is 11.9 Å². The molecule has 1 saturated carbocycles. The third kappa shape index (κ3) is 4.00. The lowest BCUT2D eigenvalue weighted by atomic mass is 10.1. The van der Waals surface area contributed by atoms with Crippen LogP contribution in [0.2, 0.25) is 0 Å². The molecule has 3 aromatic rings. The molecule has 2 aromatic carbocycles. The molecule has 1 amide bonds. The van der Waals surface area contributed by atoms with Crippen molar-refractivity contribution in [2.45, 2.75) is 32.1 Å². The lowest BCUT2D eigenvalue weighted by Gasteiger charge is -2.08. The zero-order valence-electron chi connectivity index (χ0n) is 15.0. The molecule has 1 fully saturated rings. The first-order valence-corrected chi connectivity index (χ1v) is 9.09. The fourth-order valence-electron chi connectivity index (χ4n) is 2.82. The van der Waals surface area contributed by atoms with E-state index in [0.717, 1.165) is 29.8 Å². The molecule has 1 aromatic heterocycles. The molecule has 138 valence electrons. The highest BCUT2D eigenvalue weighted by molar-refractivity contribution is 5.96. The molecule has 0 atom stereocenters. The quantitative estimate of drug-likeness (QED) is 0.632. The maximum absolute atomic E-state index is 12.1. The third-order valence-corrected chi connectivity index (χ3v) is 4.48. The first-order chi connectivity index (χ1) is 13.1. The Hall–Kier alpha value is -3.15. The Bertz CT molecular complexity index is 987. The van der Waals surface area contributed by atoms with E-state index in [1.165, 1.54) is 0 Å². The highest BCUT2D eigenvalue weighted by Crippen LogP contribution is 2.40. The first kappa shape index (κ1) is 17.3. The summed E-state index contributed by atoms with van der Waals surface area (Å²) in [6.07, 6.45) is 2.71. The van der Waals surface area contributed by atoms with Gasteiger partial charge in [0.15, 0.2) is 23.9 Å². The van der Waals surface area contributed by atoms with Crippen LogP contribution in [-0.4, -0.2) is 23.3 Å². The standard InChI is InChI=1S/C21H20N2O4/c1-2-18(24)13-5-8-16(9-6-13)26-12-20(25)22-15-7-10-19-17(11-15)23-21(27-19)14-3-4-14/h5-11,14H,2-4,12H2,1H3,(H,22,25). The molecule has 0 spiro atoms. The number of carbonyl (C=O) groups excluding carboxylic acids is 2. The van der Waals surface area contributed by atoms with Crippen LogP contribution in [0.25, 0.3) is 11.1 Å². The fraction of sp³-hybridized carbons (Fsp3) is 0.286. The van der Waals surface area contributed by atoms with Crippen molar-refractivity contribution in [1.29, 1.82) is 0 Å². The zero-order valence-corrected chi connectivity index (χ0v) is 15.0. The number of carbonyl (C=O) groups is 2. The van der Waals surface area contributed by atoms with E-state index in [9.17, 15) is 9.59 Å². The summed E-state index contributed by atoms with van der Waals surface area (Å²) in [7, 11) is 0. The van der Waals surface area contributed by atoms with E-state index in [1.807, 2.05) is 13.0 Å². The summed E-state index contributed by atoms with van der Waals surface area (Å²) in [5, 5.41) is 2.80. The topological polar surface area (TPSA) is 81.4 Å². The Morgan fingerprint density at radius 1 is 1.19 bits per heavy atom. The van der Waals surface area contributed by atoms with Gasteiger partial charge in [-0.05, 0) is 55.3 Å². The summed E-state index contributed by atoms with van der Waals surface area (Å²) in [6.45, 7) is 1.70. The number of fused-ring (bicyclic) bond motifs is 1. The molecule has 0 radical (unpaired) electrons. The number of rotatable bonds is 7. The number of nitrogens with one attached hydrogen (secondary N) is 1. The molecule has 1 aliphatic carbocycles. The fourth-order valence-corrected chi connectivity index (χ4v) is 2.82. The van der Waals surface area contributed by atoms with Crippen LogP contribution >= 0.6 is 0 Å². The summed E-state index contributed by atoms with van der Waals surface area (Å²) < 4.78 is 11.2. The number of ether oxygens (including phenoxy) is 1. The lowest BCUT2D eigenvalue weighted by Crippen LogP contribution is -2.20. The molecule has 27 heavy (non-hydrogen) atoms. The van der Waals surface area contributed by atoms with Gasteiger partial charge in [0.25, 0.3) is 5.91 Å². The van der Waals surface area contributed by atoms with Gasteiger partial charge in [0.2, 0.25) is 0 Å². The van der Waals surface area contributed by atoms with E-state index in [2.05, 4.69) is 10.3 Å². The van der Waals surface area contributed by atoms with Gasteiger partial charge in [-0.3, -0.25) is 9.59 Å². The molecule has 0 saturated heterocycles. The van der Waals surface area contributed by atoms with Crippen molar-refractivity contribution in [3.8, 4) is 5.75 Å². The van der Waals surface area contributed by atoms with Gasteiger partial charge in [-0.2, -0.15) is 0 Å². The summed E-state index contributed by atoms with van der Waals surface area (Å²) in [5.41, 5.74) is 2.76. The van der Waals surface area contributed by atoms with Gasteiger partial charge in [-0.25, -0.2) is 4.98 Å². The van der Waals surface area contributed by atoms with Gasteiger partial charge in [-0.15, -0.1) is 0 Å². The molecule has 0 unspecified atom stereocenters. The second-order valence-electron chi connectivity index (χ2n) is 6.65. The van der Waals surface area contributed by atoms with E-state index in [1.54, 1.807) is 36.4 Å². The van der Waals surface area contributed by atoms with Crippen LogP contribution in [-0.2, 0) is 4.79 Å². The normalized spacial score (nSPS) is 13.5. The van der Waals surface area contributed by atoms with Crippen molar-refractivity contribution in [2.24, 2.45) is 0 Å². The summed E-state index contributed by atoms with van der Waals surface area (Å²) in [5.74, 6) is 1.57. The van der Waals surface area contributed by atoms with Crippen molar-refractivity contribution < 1.29 is 18.7 Å². The molecule has 0 aliphatic heterocycles. The molecular formula is C21H20N2O4. The maximum Gasteiger partial charge on any atom is 0.262 e. The molecule has 1 heterocycles. The number of aromatic nitrogens is 1. The largest absolute Gasteiger partial charge is 0.484 e. The number of hydrogen-bond donors (Lipinski definition) is 1.